The van der Waals surface area contributed by atoms with Gasteiger partial charge in [0.1, 0.15) is 12.4 Å². The molecule has 0 unspecified atom stereocenters. The summed E-state index contributed by atoms with van der Waals surface area (Å²) >= 11 is 1.42. The van der Waals surface area contributed by atoms with Crippen molar-refractivity contribution in [2.75, 3.05) is 5.75 Å². The van der Waals surface area contributed by atoms with Crippen LogP contribution < -0.4 is 10.1 Å². The van der Waals surface area contributed by atoms with Crippen LogP contribution in [0.15, 0.2) is 23.4 Å². The number of ether oxygens (including phenoxy) is 1. The van der Waals surface area contributed by atoms with Crippen LogP contribution in [0.3, 0.4) is 0 Å². The minimum absolute atomic E-state index is 0.0613. The van der Waals surface area contributed by atoms with Gasteiger partial charge in [0.15, 0.2) is 11.0 Å². The Morgan fingerprint density at radius 2 is 2.16 bits per heavy atom. The van der Waals surface area contributed by atoms with Crippen LogP contribution in [-0.4, -0.2) is 32.5 Å². The molecular weight excluding hydrogens is 336 g/mol. The van der Waals surface area contributed by atoms with E-state index in [-0.39, 0.29) is 5.91 Å². The number of aromatic nitrogens is 3. The molecule has 0 saturated heterocycles. The summed E-state index contributed by atoms with van der Waals surface area (Å²) in [5.74, 6) is 2.06. The number of thioether (sulfide) groups is 1. The second kappa shape index (κ2) is 7.91. The molecule has 1 N–H and O–H groups in total. The molecule has 1 amide bonds. The van der Waals surface area contributed by atoms with E-state index in [1.807, 2.05) is 30.5 Å². The van der Waals surface area contributed by atoms with Gasteiger partial charge in [-0.25, -0.2) is 0 Å². The Morgan fingerprint density at radius 3 is 2.84 bits per heavy atom. The van der Waals surface area contributed by atoms with E-state index < -0.39 is 0 Å². The number of carbonyl (C=O) groups is 1. The normalized spacial score (nSPS) is 13.7. The number of nitrogens with one attached hydrogen (secondary N) is 1. The Bertz CT molecular complexity index is 756. The van der Waals surface area contributed by atoms with Gasteiger partial charge in [-0.15, -0.1) is 10.2 Å². The molecule has 0 radical (unpaired) electrons. The highest BCUT2D eigenvalue weighted by atomic mass is 32.2. The van der Waals surface area contributed by atoms with Gasteiger partial charge in [-0.1, -0.05) is 29.5 Å². The summed E-state index contributed by atoms with van der Waals surface area (Å²) in [6.45, 7) is 7.24. The number of amides is 1. The summed E-state index contributed by atoms with van der Waals surface area (Å²) in [5.41, 5.74) is 2.32. The minimum atomic E-state index is 0.0613. The molecule has 0 aliphatic heterocycles. The average molecular weight is 360 g/mol. The predicted molar refractivity (Wildman–Crippen MR) is 97.8 cm³/mol. The van der Waals surface area contributed by atoms with Crippen molar-refractivity contribution < 1.29 is 9.53 Å². The van der Waals surface area contributed by atoms with Crippen LogP contribution in [0.1, 0.15) is 36.7 Å². The van der Waals surface area contributed by atoms with Gasteiger partial charge in [0.05, 0.1) is 5.75 Å². The van der Waals surface area contributed by atoms with E-state index in [0.29, 0.717) is 18.4 Å². The van der Waals surface area contributed by atoms with E-state index in [4.69, 9.17) is 4.74 Å². The topological polar surface area (TPSA) is 69.0 Å². The van der Waals surface area contributed by atoms with Crippen LogP contribution in [0.2, 0.25) is 0 Å². The molecule has 1 aromatic heterocycles. The molecule has 0 bridgehead atoms. The maximum absolute atomic E-state index is 11.8. The Morgan fingerprint density at radius 1 is 1.36 bits per heavy atom. The predicted octanol–water partition coefficient (Wildman–Crippen LogP) is 2.86. The summed E-state index contributed by atoms with van der Waals surface area (Å²) in [4.78, 5) is 11.8. The third-order valence-corrected chi connectivity index (χ3v) is 5.04. The van der Waals surface area contributed by atoms with Crippen molar-refractivity contribution >= 4 is 17.7 Å². The van der Waals surface area contributed by atoms with Crippen LogP contribution >= 0.6 is 11.8 Å². The van der Waals surface area contributed by atoms with E-state index in [1.54, 1.807) is 0 Å². The number of hydrogen-bond acceptors (Lipinski definition) is 5. The van der Waals surface area contributed by atoms with Crippen molar-refractivity contribution in [2.24, 2.45) is 0 Å². The molecule has 0 spiro atoms. The van der Waals surface area contributed by atoms with Gasteiger partial charge in [0.2, 0.25) is 5.91 Å². The molecular formula is C18H24N4O2S. The number of nitrogens with zero attached hydrogens (tertiary/aromatic N) is 3. The number of hydrogen-bond donors (Lipinski definition) is 1. The van der Waals surface area contributed by atoms with Crippen LogP contribution in [0.4, 0.5) is 0 Å². The first kappa shape index (κ1) is 17.8. The molecule has 134 valence electrons. The monoisotopic (exact) mass is 360 g/mol. The number of aryl methyl sites for hydroxylation is 2. The molecule has 0 atom stereocenters. The van der Waals surface area contributed by atoms with E-state index in [9.17, 15) is 4.79 Å². The summed E-state index contributed by atoms with van der Waals surface area (Å²) in [6.07, 6.45) is 2.20. The molecule has 6 nitrogen and oxygen atoms in total. The first-order valence-electron chi connectivity index (χ1n) is 8.61. The smallest absolute Gasteiger partial charge is 0.230 e. The summed E-state index contributed by atoms with van der Waals surface area (Å²) in [6, 6.07) is 6.50. The van der Waals surface area contributed by atoms with Crippen molar-refractivity contribution in [3.05, 3.63) is 35.2 Å². The Balaban J connectivity index is 1.59. The number of benzene rings is 1. The van der Waals surface area contributed by atoms with Gasteiger partial charge in [-0.2, -0.15) is 0 Å². The highest BCUT2D eigenvalue weighted by Gasteiger charge is 2.23. The summed E-state index contributed by atoms with van der Waals surface area (Å²) in [7, 11) is 0. The summed E-state index contributed by atoms with van der Waals surface area (Å²) < 4.78 is 7.91. The van der Waals surface area contributed by atoms with E-state index in [0.717, 1.165) is 41.7 Å². The van der Waals surface area contributed by atoms with Gasteiger partial charge in [0.25, 0.3) is 0 Å². The zero-order chi connectivity index (χ0) is 17.8. The van der Waals surface area contributed by atoms with Crippen LogP contribution in [0.25, 0.3) is 0 Å². The highest BCUT2D eigenvalue weighted by molar-refractivity contribution is 7.99. The second-order valence-electron chi connectivity index (χ2n) is 6.33. The van der Waals surface area contributed by atoms with E-state index >= 15 is 0 Å². The molecule has 1 aliphatic carbocycles. The zero-order valence-corrected chi connectivity index (χ0v) is 15.7. The SMILES string of the molecule is CCn1c(COc2ccc(C)cc2C)nnc1SCC(=O)NC1CC1. The second-order valence-corrected chi connectivity index (χ2v) is 7.27. The van der Waals surface area contributed by atoms with Gasteiger partial charge >= 0.3 is 0 Å². The van der Waals surface area contributed by atoms with Gasteiger partial charge in [-0.05, 0) is 45.2 Å². The fourth-order valence-corrected chi connectivity index (χ4v) is 3.41. The Hall–Kier alpha value is -2.02. The van der Waals surface area contributed by atoms with Crippen LogP contribution in [0, 0.1) is 13.8 Å². The van der Waals surface area contributed by atoms with Crippen molar-refractivity contribution in [3.8, 4) is 5.75 Å². The number of carbonyl (C=O) groups excluding carboxylic acids is 1. The van der Waals surface area contributed by atoms with Crippen molar-refractivity contribution in [3.63, 3.8) is 0 Å². The van der Waals surface area contributed by atoms with Gasteiger partial charge < -0.3 is 14.6 Å². The van der Waals surface area contributed by atoms with E-state index in [2.05, 4.69) is 28.5 Å². The van der Waals surface area contributed by atoms with Crippen molar-refractivity contribution in [1.29, 1.82) is 0 Å². The fraction of sp³-hybridized carbons (Fsp3) is 0.500. The maximum Gasteiger partial charge on any atom is 0.230 e. The molecule has 7 heteroatoms. The molecule has 1 aliphatic rings. The molecule has 1 heterocycles. The first-order valence-corrected chi connectivity index (χ1v) is 9.59. The first-order chi connectivity index (χ1) is 12.1. The molecule has 1 aromatic carbocycles. The maximum atomic E-state index is 11.8. The van der Waals surface area contributed by atoms with Crippen molar-refractivity contribution in [2.45, 2.75) is 58.0 Å². The third-order valence-electron chi connectivity index (χ3n) is 4.07. The van der Waals surface area contributed by atoms with E-state index in [1.165, 1.54) is 17.3 Å². The lowest BCUT2D eigenvalue weighted by Gasteiger charge is -2.11. The molecule has 2 aromatic rings. The lowest BCUT2D eigenvalue weighted by Crippen LogP contribution is -2.27. The molecule has 25 heavy (non-hydrogen) atoms. The zero-order valence-electron chi connectivity index (χ0n) is 14.9. The van der Waals surface area contributed by atoms with Crippen LogP contribution in [-0.2, 0) is 17.9 Å². The van der Waals surface area contributed by atoms with Gasteiger partial charge in [0, 0.05) is 12.6 Å². The Kier molecular flexibility index (Phi) is 5.63. The van der Waals surface area contributed by atoms with Crippen molar-refractivity contribution in [1.82, 2.24) is 20.1 Å². The number of rotatable bonds is 8. The van der Waals surface area contributed by atoms with Gasteiger partial charge in [-0.3, -0.25) is 4.79 Å². The lowest BCUT2D eigenvalue weighted by molar-refractivity contribution is -0.118. The minimum Gasteiger partial charge on any atom is -0.485 e. The third kappa shape index (κ3) is 4.75. The average Bonchev–Trinajstić information content (AvgIpc) is 3.30. The molecule has 1 saturated carbocycles. The fourth-order valence-electron chi connectivity index (χ4n) is 2.58. The quantitative estimate of drug-likeness (QED) is 0.733. The highest BCUT2D eigenvalue weighted by Crippen LogP contribution is 2.22. The molecule has 1 fully saturated rings. The lowest BCUT2D eigenvalue weighted by atomic mass is 10.1. The standard InChI is InChI=1S/C18H24N4O2S/c1-4-22-16(10-24-15-8-5-12(2)9-13(15)3)20-21-18(22)25-11-17(23)19-14-6-7-14/h5,8-9,14H,4,6-7,10-11H2,1-3H3,(H,19,23). The largest absolute Gasteiger partial charge is 0.485 e. The summed E-state index contributed by atoms with van der Waals surface area (Å²) in [5, 5.41) is 12.2. The Labute approximate surface area is 152 Å². The van der Waals surface area contributed by atoms with Crippen LogP contribution in [0.5, 0.6) is 5.75 Å². The molecule has 3 rings (SSSR count).